The molecule has 0 saturated heterocycles. The molecule has 0 fully saturated rings. The Morgan fingerprint density at radius 1 is 1.37 bits per heavy atom. The van der Waals surface area contributed by atoms with Gasteiger partial charge in [0.15, 0.2) is 5.82 Å². The number of aryl methyl sites for hydroxylation is 1. The van der Waals surface area contributed by atoms with Gasteiger partial charge < -0.3 is 9.47 Å². The lowest BCUT2D eigenvalue weighted by molar-refractivity contribution is 0.0522. The van der Waals surface area contributed by atoms with Crippen molar-refractivity contribution in [1.82, 2.24) is 9.97 Å². The molecule has 0 aliphatic heterocycles. The molecule has 0 aliphatic rings. The zero-order valence-corrected chi connectivity index (χ0v) is 12.1. The Balaban J connectivity index is 3.09. The number of ether oxygens (including phenoxy) is 2. The Hall–Kier alpha value is -1.49. The molecule has 1 unspecified atom stereocenters. The Bertz CT molecular complexity index is 417. The fourth-order valence-corrected chi connectivity index (χ4v) is 1.85. The van der Waals surface area contributed by atoms with Gasteiger partial charge in [0.05, 0.1) is 17.9 Å². The molecule has 0 spiro atoms. The van der Waals surface area contributed by atoms with Gasteiger partial charge in [0.2, 0.25) is 0 Å². The van der Waals surface area contributed by atoms with Crippen LogP contribution in [0.25, 0.3) is 0 Å². The van der Waals surface area contributed by atoms with Crippen LogP contribution in [0.15, 0.2) is 6.20 Å². The highest BCUT2D eigenvalue weighted by atomic mass is 16.5. The molecule has 0 bridgehead atoms. The molecule has 5 heteroatoms. The summed E-state index contributed by atoms with van der Waals surface area (Å²) in [6.07, 6.45) is 3.84. The third-order valence-electron chi connectivity index (χ3n) is 2.81. The maximum Gasteiger partial charge on any atom is 0.341 e. The van der Waals surface area contributed by atoms with E-state index in [1.807, 2.05) is 13.8 Å². The van der Waals surface area contributed by atoms with Crippen LogP contribution in [0, 0.1) is 0 Å². The van der Waals surface area contributed by atoms with Crippen molar-refractivity contribution in [3.8, 4) is 0 Å². The van der Waals surface area contributed by atoms with Gasteiger partial charge >= 0.3 is 5.97 Å². The number of methoxy groups -OCH3 is 1. The lowest BCUT2D eigenvalue weighted by Crippen LogP contribution is -2.14. The van der Waals surface area contributed by atoms with Crippen LogP contribution in [-0.4, -0.2) is 29.7 Å². The quantitative estimate of drug-likeness (QED) is 0.710. The molecule has 1 atom stereocenters. The Morgan fingerprint density at radius 2 is 2.11 bits per heavy atom. The maximum absolute atomic E-state index is 11.8. The summed E-state index contributed by atoms with van der Waals surface area (Å²) < 4.78 is 10.3. The average Bonchev–Trinajstić information content (AvgIpc) is 2.41. The van der Waals surface area contributed by atoms with Crippen molar-refractivity contribution in [1.29, 1.82) is 0 Å². The van der Waals surface area contributed by atoms with E-state index in [4.69, 9.17) is 9.47 Å². The molecule has 0 amide bonds. The molecular formula is C14H22N2O3. The van der Waals surface area contributed by atoms with Crippen LogP contribution in [-0.2, 0) is 15.9 Å². The van der Waals surface area contributed by atoms with Gasteiger partial charge in [-0.1, -0.05) is 20.3 Å². The van der Waals surface area contributed by atoms with Crippen molar-refractivity contribution in [2.75, 3.05) is 13.7 Å². The molecule has 0 N–H and O–H groups in total. The van der Waals surface area contributed by atoms with E-state index in [9.17, 15) is 4.79 Å². The first-order valence-corrected chi connectivity index (χ1v) is 6.73. The molecule has 0 aliphatic carbocycles. The summed E-state index contributed by atoms with van der Waals surface area (Å²) in [6, 6.07) is 0. The number of hydrogen-bond acceptors (Lipinski definition) is 5. The summed E-state index contributed by atoms with van der Waals surface area (Å²) in [5.41, 5.74) is 1.19. The predicted molar refractivity (Wildman–Crippen MR) is 72.0 cm³/mol. The number of hydrogen-bond donors (Lipinski definition) is 0. The topological polar surface area (TPSA) is 61.3 Å². The fourth-order valence-electron chi connectivity index (χ4n) is 1.85. The second kappa shape index (κ2) is 7.84. The van der Waals surface area contributed by atoms with Crippen molar-refractivity contribution < 1.29 is 14.3 Å². The molecule has 1 heterocycles. The highest BCUT2D eigenvalue weighted by Crippen LogP contribution is 2.18. The minimum absolute atomic E-state index is 0.133. The molecule has 106 valence electrons. The summed E-state index contributed by atoms with van der Waals surface area (Å²) in [5, 5.41) is 0. The maximum atomic E-state index is 11.8. The van der Waals surface area contributed by atoms with E-state index in [-0.39, 0.29) is 12.1 Å². The summed E-state index contributed by atoms with van der Waals surface area (Å²) in [4.78, 5) is 20.5. The number of esters is 1. The van der Waals surface area contributed by atoms with Crippen LogP contribution in [0.2, 0.25) is 0 Å². The highest BCUT2D eigenvalue weighted by molar-refractivity contribution is 5.90. The molecule has 0 saturated carbocycles. The van der Waals surface area contributed by atoms with E-state index in [0.717, 1.165) is 25.0 Å². The van der Waals surface area contributed by atoms with Crippen LogP contribution < -0.4 is 0 Å². The van der Waals surface area contributed by atoms with E-state index in [1.54, 1.807) is 20.2 Å². The number of rotatable bonds is 7. The third kappa shape index (κ3) is 3.99. The fraction of sp³-hybridized carbons (Fsp3) is 0.643. The summed E-state index contributed by atoms with van der Waals surface area (Å²) in [6.45, 7) is 6.19. The van der Waals surface area contributed by atoms with E-state index in [1.165, 1.54) is 0 Å². The van der Waals surface area contributed by atoms with Gasteiger partial charge in [-0.2, -0.15) is 0 Å². The Morgan fingerprint density at radius 3 is 2.63 bits per heavy atom. The summed E-state index contributed by atoms with van der Waals surface area (Å²) in [7, 11) is 1.64. The number of aromatic nitrogens is 2. The Labute approximate surface area is 114 Å². The average molecular weight is 266 g/mol. The van der Waals surface area contributed by atoms with Gasteiger partial charge in [-0.3, -0.25) is 0 Å². The standard InChI is InChI=1S/C14H22N2O3/c1-5-8-11-10(14(17)19-7-3)9-15-13(16-11)12(6-2)18-4/h9,12H,5-8H2,1-4H3. The minimum Gasteiger partial charge on any atom is -0.462 e. The van der Waals surface area contributed by atoms with E-state index in [2.05, 4.69) is 9.97 Å². The van der Waals surface area contributed by atoms with Crippen molar-refractivity contribution >= 4 is 5.97 Å². The molecule has 5 nitrogen and oxygen atoms in total. The molecule has 1 rings (SSSR count). The normalized spacial score (nSPS) is 12.2. The molecular weight excluding hydrogens is 244 g/mol. The van der Waals surface area contributed by atoms with Crippen molar-refractivity contribution in [2.24, 2.45) is 0 Å². The zero-order valence-electron chi connectivity index (χ0n) is 12.1. The summed E-state index contributed by atoms with van der Waals surface area (Å²) in [5.74, 6) is 0.268. The van der Waals surface area contributed by atoms with Gasteiger partial charge in [-0.25, -0.2) is 14.8 Å². The first kappa shape index (κ1) is 15.6. The number of nitrogens with zero attached hydrogens (tertiary/aromatic N) is 2. The first-order valence-electron chi connectivity index (χ1n) is 6.73. The van der Waals surface area contributed by atoms with Gasteiger partial charge in [0.1, 0.15) is 6.10 Å². The van der Waals surface area contributed by atoms with Gasteiger partial charge in [0.25, 0.3) is 0 Å². The zero-order chi connectivity index (χ0) is 14.3. The lowest BCUT2D eigenvalue weighted by Gasteiger charge is -2.14. The second-order valence-electron chi connectivity index (χ2n) is 4.19. The van der Waals surface area contributed by atoms with Crippen molar-refractivity contribution in [3.05, 3.63) is 23.3 Å². The molecule has 19 heavy (non-hydrogen) atoms. The largest absolute Gasteiger partial charge is 0.462 e. The van der Waals surface area contributed by atoms with Crippen LogP contribution in [0.5, 0.6) is 0 Å². The number of carbonyl (C=O) groups excluding carboxylic acids is 1. The highest BCUT2D eigenvalue weighted by Gasteiger charge is 2.18. The van der Waals surface area contributed by atoms with Gasteiger partial charge in [-0.15, -0.1) is 0 Å². The van der Waals surface area contributed by atoms with Crippen LogP contribution in [0.3, 0.4) is 0 Å². The molecule has 0 radical (unpaired) electrons. The first-order chi connectivity index (χ1) is 9.17. The molecule has 1 aromatic rings. The Kier molecular flexibility index (Phi) is 6.42. The minimum atomic E-state index is -0.358. The van der Waals surface area contributed by atoms with E-state index < -0.39 is 0 Å². The van der Waals surface area contributed by atoms with Crippen LogP contribution >= 0.6 is 0 Å². The van der Waals surface area contributed by atoms with Gasteiger partial charge in [0, 0.05) is 13.3 Å². The third-order valence-corrected chi connectivity index (χ3v) is 2.81. The smallest absolute Gasteiger partial charge is 0.341 e. The van der Waals surface area contributed by atoms with E-state index >= 15 is 0 Å². The summed E-state index contributed by atoms with van der Waals surface area (Å²) >= 11 is 0. The van der Waals surface area contributed by atoms with E-state index in [0.29, 0.717) is 18.0 Å². The van der Waals surface area contributed by atoms with Crippen LogP contribution in [0.1, 0.15) is 61.6 Å². The van der Waals surface area contributed by atoms with Crippen molar-refractivity contribution in [2.45, 2.75) is 46.1 Å². The SMILES string of the molecule is CCCc1nc(C(CC)OC)ncc1C(=O)OCC. The monoisotopic (exact) mass is 266 g/mol. The lowest BCUT2D eigenvalue weighted by atomic mass is 10.1. The van der Waals surface area contributed by atoms with Gasteiger partial charge in [-0.05, 0) is 19.8 Å². The molecule has 0 aromatic carbocycles. The number of carbonyl (C=O) groups is 1. The van der Waals surface area contributed by atoms with Crippen LogP contribution in [0.4, 0.5) is 0 Å². The second-order valence-corrected chi connectivity index (χ2v) is 4.19. The van der Waals surface area contributed by atoms with Crippen molar-refractivity contribution in [3.63, 3.8) is 0 Å². The molecule has 1 aromatic heterocycles. The predicted octanol–water partition coefficient (Wildman–Crippen LogP) is 2.70.